The van der Waals surface area contributed by atoms with Crippen LogP contribution in [0, 0.1) is 11.8 Å². The maximum absolute atomic E-state index is 12.4. The molecule has 2 atom stereocenters. The second kappa shape index (κ2) is 8.51. The largest absolute Gasteiger partial charge is 0.396 e. The molecular weight excluding hydrogens is 280 g/mol. The minimum absolute atomic E-state index is 0.0203. The van der Waals surface area contributed by atoms with Crippen molar-refractivity contribution in [1.82, 2.24) is 10.2 Å². The first kappa shape index (κ1) is 17.3. The molecule has 22 heavy (non-hydrogen) atoms. The lowest BCUT2D eigenvalue weighted by Gasteiger charge is -2.35. The third-order valence-corrected chi connectivity index (χ3v) is 5.15. The third kappa shape index (κ3) is 4.45. The van der Waals surface area contributed by atoms with Gasteiger partial charge in [-0.05, 0) is 32.1 Å². The molecule has 1 saturated carbocycles. The zero-order chi connectivity index (χ0) is 15.9. The van der Waals surface area contributed by atoms with Gasteiger partial charge in [0.05, 0.1) is 0 Å². The average molecular weight is 310 g/mol. The molecule has 2 N–H and O–H groups in total. The summed E-state index contributed by atoms with van der Waals surface area (Å²) in [5, 5.41) is 12.6. The fraction of sp³-hybridized carbons (Fsp3) is 0.882. The Bertz CT molecular complexity index is 378. The van der Waals surface area contributed by atoms with E-state index in [0.717, 1.165) is 44.9 Å². The number of aliphatic hydroxyl groups is 1. The van der Waals surface area contributed by atoms with Gasteiger partial charge in [0.25, 0.3) is 0 Å². The minimum Gasteiger partial charge on any atom is -0.396 e. The predicted molar refractivity (Wildman–Crippen MR) is 85.2 cm³/mol. The summed E-state index contributed by atoms with van der Waals surface area (Å²) in [6.45, 7) is 3.57. The number of amides is 2. The van der Waals surface area contributed by atoms with E-state index in [4.69, 9.17) is 0 Å². The first-order chi connectivity index (χ1) is 10.7. The van der Waals surface area contributed by atoms with Crippen LogP contribution in [0.25, 0.3) is 0 Å². The SMILES string of the molecule is CCCC(=O)N1CCC(C(=O)NC2CCCCC2CO)CC1. The summed E-state index contributed by atoms with van der Waals surface area (Å²) in [5.41, 5.74) is 0. The maximum atomic E-state index is 12.4. The first-order valence-electron chi connectivity index (χ1n) is 8.84. The molecule has 126 valence electrons. The number of hydrogen-bond acceptors (Lipinski definition) is 3. The fourth-order valence-electron chi connectivity index (χ4n) is 3.68. The second-order valence-corrected chi connectivity index (χ2v) is 6.75. The van der Waals surface area contributed by atoms with Crippen molar-refractivity contribution in [2.24, 2.45) is 11.8 Å². The van der Waals surface area contributed by atoms with Crippen molar-refractivity contribution < 1.29 is 14.7 Å². The molecule has 0 aromatic carbocycles. The maximum Gasteiger partial charge on any atom is 0.223 e. The Hall–Kier alpha value is -1.10. The number of aliphatic hydroxyl groups excluding tert-OH is 1. The van der Waals surface area contributed by atoms with E-state index in [1.54, 1.807) is 0 Å². The molecule has 2 rings (SSSR count). The molecule has 2 amide bonds. The van der Waals surface area contributed by atoms with Crippen LogP contribution < -0.4 is 5.32 Å². The molecule has 1 saturated heterocycles. The van der Waals surface area contributed by atoms with E-state index in [2.05, 4.69) is 5.32 Å². The van der Waals surface area contributed by atoms with Crippen LogP contribution in [-0.4, -0.2) is 47.6 Å². The van der Waals surface area contributed by atoms with Crippen LogP contribution >= 0.6 is 0 Å². The molecule has 0 radical (unpaired) electrons. The van der Waals surface area contributed by atoms with E-state index in [-0.39, 0.29) is 36.3 Å². The predicted octanol–water partition coefficient (Wildman–Crippen LogP) is 1.69. The van der Waals surface area contributed by atoms with Crippen molar-refractivity contribution >= 4 is 11.8 Å². The summed E-state index contributed by atoms with van der Waals surface area (Å²) in [6, 6.07) is 0.131. The highest BCUT2D eigenvalue weighted by Crippen LogP contribution is 2.25. The molecule has 2 fully saturated rings. The van der Waals surface area contributed by atoms with Gasteiger partial charge >= 0.3 is 0 Å². The van der Waals surface area contributed by atoms with Crippen molar-refractivity contribution in [3.05, 3.63) is 0 Å². The molecule has 0 spiro atoms. The average Bonchev–Trinajstić information content (AvgIpc) is 2.55. The van der Waals surface area contributed by atoms with E-state index in [0.29, 0.717) is 19.5 Å². The molecule has 5 nitrogen and oxygen atoms in total. The summed E-state index contributed by atoms with van der Waals surface area (Å²) < 4.78 is 0. The lowest BCUT2D eigenvalue weighted by molar-refractivity contribution is -0.136. The van der Waals surface area contributed by atoms with E-state index in [9.17, 15) is 14.7 Å². The molecule has 2 unspecified atom stereocenters. The summed E-state index contributed by atoms with van der Waals surface area (Å²) >= 11 is 0. The Balaban J connectivity index is 1.78. The molecule has 2 aliphatic rings. The number of likely N-dealkylation sites (tertiary alicyclic amines) is 1. The number of carbonyl (C=O) groups excluding carboxylic acids is 2. The van der Waals surface area contributed by atoms with Gasteiger partial charge in [0.2, 0.25) is 11.8 Å². The van der Waals surface area contributed by atoms with Crippen LogP contribution in [0.4, 0.5) is 0 Å². The van der Waals surface area contributed by atoms with Crippen LogP contribution in [0.3, 0.4) is 0 Å². The summed E-state index contributed by atoms with van der Waals surface area (Å²) in [5.74, 6) is 0.567. The summed E-state index contributed by atoms with van der Waals surface area (Å²) in [6.07, 6.45) is 7.27. The highest BCUT2D eigenvalue weighted by atomic mass is 16.3. The van der Waals surface area contributed by atoms with Crippen molar-refractivity contribution in [2.75, 3.05) is 19.7 Å². The monoisotopic (exact) mass is 310 g/mol. The molecule has 0 bridgehead atoms. The normalized spacial score (nSPS) is 26.7. The smallest absolute Gasteiger partial charge is 0.223 e. The minimum atomic E-state index is 0.0203. The van der Waals surface area contributed by atoms with Gasteiger partial charge in [-0.25, -0.2) is 0 Å². The number of nitrogens with zero attached hydrogens (tertiary/aromatic N) is 1. The quantitative estimate of drug-likeness (QED) is 0.812. The summed E-state index contributed by atoms with van der Waals surface area (Å²) in [4.78, 5) is 26.2. The Morgan fingerprint density at radius 1 is 1.14 bits per heavy atom. The number of piperidine rings is 1. The second-order valence-electron chi connectivity index (χ2n) is 6.75. The number of nitrogens with one attached hydrogen (secondary N) is 1. The van der Waals surface area contributed by atoms with Gasteiger partial charge in [-0.1, -0.05) is 19.8 Å². The van der Waals surface area contributed by atoms with Crippen molar-refractivity contribution in [2.45, 2.75) is 64.3 Å². The van der Waals surface area contributed by atoms with Crippen molar-refractivity contribution in [3.63, 3.8) is 0 Å². The molecule has 1 aliphatic carbocycles. The third-order valence-electron chi connectivity index (χ3n) is 5.15. The van der Waals surface area contributed by atoms with E-state index >= 15 is 0 Å². The van der Waals surface area contributed by atoms with Gasteiger partial charge in [0, 0.05) is 44.0 Å². The van der Waals surface area contributed by atoms with Crippen molar-refractivity contribution in [1.29, 1.82) is 0 Å². The van der Waals surface area contributed by atoms with Gasteiger partial charge in [-0.15, -0.1) is 0 Å². The Morgan fingerprint density at radius 2 is 1.82 bits per heavy atom. The van der Waals surface area contributed by atoms with Crippen molar-refractivity contribution in [3.8, 4) is 0 Å². The van der Waals surface area contributed by atoms with E-state index in [1.165, 1.54) is 0 Å². The van der Waals surface area contributed by atoms with Crippen LogP contribution in [0.1, 0.15) is 58.3 Å². The number of rotatable bonds is 5. The topological polar surface area (TPSA) is 69.6 Å². The Labute approximate surface area is 133 Å². The zero-order valence-corrected chi connectivity index (χ0v) is 13.7. The van der Waals surface area contributed by atoms with E-state index in [1.807, 2.05) is 11.8 Å². The zero-order valence-electron chi connectivity index (χ0n) is 13.7. The molecular formula is C17H30N2O3. The number of hydrogen-bond donors (Lipinski definition) is 2. The highest BCUT2D eigenvalue weighted by Gasteiger charge is 2.31. The van der Waals surface area contributed by atoms with Gasteiger partial charge in [-0.3, -0.25) is 9.59 Å². The van der Waals surface area contributed by atoms with E-state index < -0.39 is 0 Å². The molecule has 0 aromatic heterocycles. The lowest BCUT2D eigenvalue weighted by Crippen LogP contribution is -2.48. The van der Waals surface area contributed by atoms with Gasteiger partial charge < -0.3 is 15.3 Å². The summed E-state index contributed by atoms with van der Waals surface area (Å²) in [7, 11) is 0. The molecule has 5 heteroatoms. The number of carbonyl (C=O) groups is 2. The van der Waals surface area contributed by atoms with Crippen LogP contribution in [0.2, 0.25) is 0 Å². The van der Waals surface area contributed by atoms with Gasteiger partial charge in [0.15, 0.2) is 0 Å². The van der Waals surface area contributed by atoms with Crippen LogP contribution in [0.15, 0.2) is 0 Å². The lowest BCUT2D eigenvalue weighted by atomic mass is 9.84. The first-order valence-corrected chi connectivity index (χ1v) is 8.84. The molecule has 0 aromatic rings. The van der Waals surface area contributed by atoms with Gasteiger partial charge in [-0.2, -0.15) is 0 Å². The highest BCUT2D eigenvalue weighted by molar-refractivity contribution is 5.80. The molecule has 1 heterocycles. The van der Waals surface area contributed by atoms with Crippen LogP contribution in [-0.2, 0) is 9.59 Å². The fourth-order valence-corrected chi connectivity index (χ4v) is 3.68. The van der Waals surface area contributed by atoms with Crippen LogP contribution in [0.5, 0.6) is 0 Å². The standard InChI is InChI=1S/C17H30N2O3/c1-2-5-16(21)19-10-8-13(9-11-19)17(22)18-15-7-4-3-6-14(15)12-20/h13-15,20H,2-12H2,1H3,(H,18,22). The Morgan fingerprint density at radius 3 is 2.45 bits per heavy atom. The molecule has 1 aliphatic heterocycles. The Kier molecular flexibility index (Phi) is 6.68. The van der Waals surface area contributed by atoms with Gasteiger partial charge in [0.1, 0.15) is 0 Å².